The van der Waals surface area contributed by atoms with Crippen molar-refractivity contribution in [2.75, 3.05) is 0 Å². The Bertz CT molecular complexity index is 583. The molecule has 0 atom stereocenters. The van der Waals surface area contributed by atoms with E-state index in [4.69, 9.17) is 4.74 Å². The first-order valence-corrected chi connectivity index (χ1v) is 7.02. The van der Waals surface area contributed by atoms with E-state index < -0.39 is 0 Å². The van der Waals surface area contributed by atoms with Crippen LogP contribution in [0.4, 0.5) is 4.39 Å². The summed E-state index contributed by atoms with van der Waals surface area (Å²) >= 11 is 1.41. The highest BCUT2D eigenvalue weighted by atomic mass is 32.1. The quantitative estimate of drug-likeness (QED) is 0.914. The molecule has 0 unspecified atom stereocenters. The van der Waals surface area contributed by atoms with Crippen molar-refractivity contribution in [2.45, 2.75) is 32.4 Å². The zero-order valence-corrected chi connectivity index (χ0v) is 11.3. The average molecular weight is 279 g/mol. The van der Waals surface area contributed by atoms with Gasteiger partial charge in [-0.25, -0.2) is 4.39 Å². The fraction of sp³-hybridized carbons (Fsp3) is 0.385. The highest BCUT2D eigenvalue weighted by molar-refractivity contribution is 7.13. The van der Waals surface area contributed by atoms with E-state index >= 15 is 0 Å². The Morgan fingerprint density at radius 2 is 2.26 bits per heavy atom. The van der Waals surface area contributed by atoms with Gasteiger partial charge in [-0.1, -0.05) is 16.4 Å². The minimum Gasteiger partial charge on any atom is -0.430 e. The lowest BCUT2D eigenvalue weighted by Gasteiger charge is -2.02. The van der Waals surface area contributed by atoms with Gasteiger partial charge < -0.3 is 10.1 Å². The fourth-order valence-corrected chi connectivity index (χ4v) is 2.31. The molecule has 0 spiro atoms. The molecule has 1 aromatic carbocycles. The molecule has 2 aromatic rings. The second-order valence-electron chi connectivity index (χ2n) is 4.63. The molecule has 0 bridgehead atoms. The molecule has 0 aliphatic heterocycles. The number of ether oxygens (including phenoxy) is 1. The van der Waals surface area contributed by atoms with Crippen molar-refractivity contribution in [3.63, 3.8) is 0 Å². The summed E-state index contributed by atoms with van der Waals surface area (Å²) in [5, 5.41) is 12.8. The van der Waals surface area contributed by atoms with Crippen LogP contribution in [0.5, 0.6) is 10.9 Å². The molecule has 1 N–H and O–H groups in total. The summed E-state index contributed by atoms with van der Waals surface area (Å²) < 4.78 is 18.7. The first-order valence-electron chi connectivity index (χ1n) is 6.20. The van der Waals surface area contributed by atoms with Gasteiger partial charge in [0, 0.05) is 6.04 Å². The molecule has 1 aliphatic rings. The second-order valence-corrected chi connectivity index (χ2v) is 5.65. The van der Waals surface area contributed by atoms with Gasteiger partial charge >= 0.3 is 0 Å². The SMILES string of the molecule is Cc1cc(Oc2nnc(CNC3CC3)s2)ccc1F. The molecule has 1 aliphatic carbocycles. The van der Waals surface area contributed by atoms with E-state index in [2.05, 4.69) is 15.5 Å². The summed E-state index contributed by atoms with van der Waals surface area (Å²) in [6.45, 7) is 2.43. The molecule has 1 heterocycles. The lowest BCUT2D eigenvalue weighted by Crippen LogP contribution is -2.14. The van der Waals surface area contributed by atoms with Gasteiger partial charge in [-0.15, -0.1) is 5.10 Å². The number of halogens is 1. The number of hydrogen-bond donors (Lipinski definition) is 1. The minimum atomic E-state index is -0.237. The Morgan fingerprint density at radius 3 is 3.00 bits per heavy atom. The van der Waals surface area contributed by atoms with Crippen LogP contribution in [0, 0.1) is 12.7 Å². The van der Waals surface area contributed by atoms with Gasteiger partial charge in [0.25, 0.3) is 5.19 Å². The van der Waals surface area contributed by atoms with E-state index in [0.29, 0.717) is 22.5 Å². The van der Waals surface area contributed by atoms with Crippen LogP contribution in [0.25, 0.3) is 0 Å². The standard InChI is InChI=1S/C13H14FN3OS/c1-8-6-10(4-5-11(8)14)18-13-17-16-12(19-13)7-15-9-2-3-9/h4-6,9,15H,2-3,7H2,1H3. The Morgan fingerprint density at radius 1 is 1.42 bits per heavy atom. The van der Waals surface area contributed by atoms with Crippen LogP contribution in [0.3, 0.4) is 0 Å². The normalized spacial score (nSPS) is 14.6. The second kappa shape index (κ2) is 5.22. The van der Waals surface area contributed by atoms with Gasteiger partial charge in [-0.3, -0.25) is 0 Å². The third-order valence-corrected chi connectivity index (χ3v) is 3.70. The molecule has 100 valence electrons. The third kappa shape index (κ3) is 3.27. The van der Waals surface area contributed by atoms with Gasteiger partial charge in [-0.05, 0) is 43.5 Å². The summed E-state index contributed by atoms with van der Waals surface area (Å²) in [6, 6.07) is 5.28. The van der Waals surface area contributed by atoms with Crippen LogP contribution in [0.2, 0.25) is 0 Å². The van der Waals surface area contributed by atoms with Crippen LogP contribution < -0.4 is 10.1 Å². The van der Waals surface area contributed by atoms with Crippen LogP contribution in [-0.2, 0) is 6.54 Å². The van der Waals surface area contributed by atoms with E-state index in [1.807, 2.05) is 0 Å². The molecule has 0 saturated heterocycles. The highest BCUT2D eigenvalue weighted by Gasteiger charge is 2.20. The van der Waals surface area contributed by atoms with Crippen molar-refractivity contribution < 1.29 is 9.13 Å². The number of hydrogen-bond acceptors (Lipinski definition) is 5. The first kappa shape index (κ1) is 12.5. The van der Waals surface area contributed by atoms with E-state index in [0.717, 1.165) is 11.6 Å². The average Bonchev–Trinajstić information content (AvgIpc) is 3.12. The monoisotopic (exact) mass is 279 g/mol. The van der Waals surface area contributed by atoms with Crippen molar-refractivity contribution in [2.24, 2.45) is 0 Å². The Hall–Kier alpha value is -1.53. The van der Waals surface area contributed by atoms with Gasteiger partial charge in [0.2, 0.25) is 0 Å². The van der Waals surface area contributed by atoms with Gasteiger partial charge in [0.15, 0.2) is 0 Å². The van der Waals surface area contributed by atoms with Crippen molar-refractivity contribution in [3.8, 4) is 10.9 Å². The molecule has 4 nitrogen and oxygen atoms in total. The number of aryl methyl sites for hydroxylation is 1. The summed E-state index contributed by atoms with van der Waals surface area (Å²) in [5.74, 6) is 0.343. The molecule has 1 aromatic heterocycles. The number of nitrogens with zero attached hydrogens (tertiary/aromatic N) is 2. The Labute approximate surface area is 114 Å². The molecule has 6 heteroatoms. The van der Waals surface area contributed by atoms with Crippen molar-refractivity contribution in [3.05, 3.63) is 34.6 Å². The molecule has 0 amide bonds. The van der Waals surface area contributed by atoms with Gasteiger partial charge in [-0.2, -0.15) is 0 Å². The van der Waals surface area contributed by atoms with Crippen LogP contribution >= 0.6 is 11.3 Å². The Balaban J connectivity index is 1.63. The van der Waals surface area contributed by atoms with Crippen LogP contribution in [0.15, 0.2) is 18.2 Å². The van der Waals surface area contributed by atoms with Crippen LogP contribution in [-0.4, -0.2) is 16.2 Å². The largest absolute Gasteiger partial charge is 0.430 e. The minimum absolute atomic E-state index is 0.237. The maximum atomic E-state index is 13.1. The summed E-state index contributed by atoms with van der Waals surface area (Å²) in [7, 11) is 0. The number of nitrogens with one attached hydrogen (secondary N) is 1. The predicted octanol–water partition coefficient (Wildman–Crippen LogP) is 3.03. The van der Waals surface area contributed by atoms with Gasteiger partial charge in [0.1, 0.15) is 16.6 Å². The maximum absolute atomic E-state index is 13.1. The zero-order valence-electron chi connectivity index (χ0n) is 10.5. The summed E-state index contributed by atoms with van der Waals surface area (Å²) in [4.78, 5) is 0. The predicted molar refractivity (Wildman–Crippen MR) is 71.0 cm³/mol. The number of rotatable bonds is 5. The van der Waals surface area contributed by atoms with Crippen LogP contribution in [0.1, 0.15) is 23.4 Å². The van der Waals surface area contributed by atoms with Crippen molar-refractivity contribution in [1.29, 1.82) is 0 Å². The molecule has 0 radical (unpaired) electrons. The lowest BCUT2D eigenvalue weighted by molar-refractivity contribution is 0.470. The maximum Gasteiger partial charge on any atom is 0.299 e. The molecule has 1 fully saturated rings. The van der Waals surface area contributed by atoms with E-state index in [9.17, 15) is 4.39 Å². The smallest absolute Gasteiger partial charge is 0.299 e. The van der Waals surface area contributed by atoms with Crippen molar-refractivity contribution in [1.82, 2.24) is 15.5 Å². The molecule has 19 heavy (non-hydrogen) atoms. The van der Waals surface area contributed by atoms with E-state index in [1.54, 1.807) is 19.1 Å². The van der Waals surface area contributed by atoms with Crippen molar-refractivity contribution >= 4 is 11.3 Å². The summed E-state index contributed by atoms with van der Waals surface area (Å²) in [5.41, 5.74) is 0.553. The molecular formula is C13H14FN3OS. The molecule has 3 rings (SSSR count). The zero-order chi connectivity index (χ0) is 13.2. The van der Waals surface area contributed by atoms with E-state index in [1.165, 1.54) is 30.2 Å². The number of benzene rings is 1. The van der Waals surface area contributed by atoms with E-state index in [-0.39, 0.29) is 5.82 Å². The molecule has 1 saturated carbocycles. The fourth-order valence-electron chi connectivity index (χ4n) is 1.65. The lowest BCUT2D eigenvalue weighted by atomic mass is 10.2. The highest BCUT2D eigenvalue weighted by Crippen LogP contribution is 2.27. The first-order chi connectivity index (χ1) is 9.20. The molecular weight excluding hydrogens is 265 g/mol. The van der Waals surface area contributed by atoms with Gasteiger partial charge in [0.05, 0.1) is 6.54 Å². The Kier molecular flexibility index (Phi) is 3.44. The number of aromatic nitrogens is 2. The summed E-state index contributed by atoms with van der Waals surface area (Å²) in [6.07, 6.45) is 2.49. The topological polar surface area (TPSA) is 47.0 Å². The third-order valence-electron chi connectivity index (χ3n) is 2.90.